The van der Waals surface area contributed by atoms with E-state index in [1.807, 2.05) is 13.8 Å². The van der Waals surface area contributed by atoms with Gasteiger partial charge in [-0.05, 0) is 39.5 Å². The van der Waals surface area contributed by atoms with Crippen molar-refractivity contribution in [2.75, 3.05) is 0 Å². The molecule has 5 atom stereocenters. The molecule has 2 saturated carbocycles. The molecule has 0 bridgehead atoms. The number of hydrogen-bond donors (Lipinski definition) is 2. The normalized spacial score (nSPS) is 42.9. The van der Waals surface area contributed by atoms with Crippen LogP contribution in [0.3, 0.4) is 0 Å². The van der Waals surface area contributed by atoms with Crippen LogP contribution in [0.2, 0.25) is 0 Å². The summed E-state index contributed by atoms with van der Waals surface area (Å²) in [6.45, 7) is 9.11. The molecule has 0 aromatic heterocycles. The summed E-state index contributed by atoms with van der Waals surface area (Å²) < 4.78 is 10.8. The van der Waals surface area contributed by atoms with Gasteiger partial charge in [-0.15, -0.1) is 0 Å². The third-order valence-electron chi connectivity index (χ3n) is 6.93. The summed E-state index contributed by atoms with van der Waals surface area (Å²) in [6, 6.07) is 0. The highest BCUT2D eigenvalue weighted by molar-refractivity contribution is 5.92. The van der Waals surface area contributed by atoms with Crippen molar-refractivity contribution in [3.05, 3.63) is 22.8 Å². The number of aliphatic hydroxyl groups is 2. The quantitative estimate of drug-likeness (QED) is 0.577. The van der Waals surface area contributed by atoms with E-state index in [9.17, 15) is 19.8 Å². The maximum atomic E-state index is 12.1. The van der Waals surface area contributed by atoms with E-state index < -0.39 is 34.8 Å². The van der Waals surface area contributed by atoms with Crippen molar-refractivity contribution < 1.29 is 29.3 Å². The molecule has 6 nitrogen and oxygen atoms in total. The summed E-state index contributed by atoms with van der Waals surface area (Å²) in [5, 5.41) is 22.4. The van der Waals surface area contributed by atoms with Gasteiger partial charge >= 0.3 is 11.9 Å². The Labute approximate surface area is 153 Å². The summed E-state index contributed by atoms with van der Waals surface area (Å²) in [7, 11) is 0. The molecule has 144 valence electrons. The third kappa shape index (κ3) is 2.62. The molecule has 2 N–H and O–H groups in total. The first-order chi connectivity index (χ1) is 12.0. The fraction of sp³-hybridized carbons (Fsp3) is 0.700. The van der Waals surface area contributed by atoms with Crippen molar-refractivity contribution in [3.63, 3.8) is 0 Å². The van der Waals surface area contributed by atoms with Crippen LogP contribution in [0.15, 0.2) is 22.8 Å². The van der Waals surface area contributed by atoms with Gasteiger partial charge in [-0.2, -0.15) is 0 Å². The lowest BCUT2D eigenvalue weighted by Crippen LogP contribution is -2.64. The summed E-state index contributed by atoms with van der Waals surface area (Å²) >= 11 is 0. The highest BCUT2D eigenvalue weighted by atomic mass is 16.7. The van der Waals surface area contributed by atoms with Crippen LogP contribution in [0.1, 0.15) is 60.3 Å². The van der Waals surface area contributed by atoms with Crippen LogP contribution >= 0.6 is 0 Å². The first-order valence-electron chi connectivity index (χ1n) is 9.18. The minimum Gasteiger partial charge on any atom is -0.459 e. The highest BCUT2D eigenvalue weighted by Crippen LogP contribution is 2.61. The monoisotopic (exact) mass is 364 g/mol. The number of rotatable bonds is 2. The molecule has 1 heterocycles. The second kappa shape index (κ2) is 5.92. The smallest absolute Gasteiger partial charge is 0.336 e. The van der Waals surface area contributed by atoms with Crippen molar-refractivity contribution in [2.24, 2.45) is 11.3 Å². The predicted molar refractivity (Wildman–Crippen MR) is 93.7 cm³/mol. The Balaban J connectivity index is 1.91. The summed E-state index contributed by atoms with van der Waals surface area (Å²) in [5.74, 6) is -2.66. The molecular formula is C20H28O6. The lowest BCUT2D eigenvalue weighted by Gasteiger charge is -2.59. The number of ether oxygens (including phenoxy) is 2. The van der Waals surface area contributed by atoms with Gasteiger partial charge in [0.05, 0.1) is 5.60 Å². The zero-order chi connectivity index (χ0) is 19.5. The van der Waals surface area contributed by atoms with E-state index >= 15 is 0 Å². The van der Waals surface area contributed by atoms with Gasteiger partial charge in [0, 0.05) is 35.0 Å². The molecule has 0 saturated heterocycles. The zero-order valence-corrected chi connectivity index (χ0v) is 16.1. The summed E-state index contributed by atoms with van der Waals surface area (Å²) in [5.41, 5.74) is -0.321. The second-order valence-corrected chi connectivity index (χ2v) is 8.42. The molecular weight excluding hydrogens is 336 g/mol. The van der Waals surface area contributed by atoms with E-state index in [1.54, 1.807) is 26.8 Å². The Morgan fingerprint density at radius 2 is 2.04 bits per heavy atom. The molecule has 3 rings (SSSR count). The van der Waals surface area contributed by atoms with Gasteiger partial charge in [-0.1, -0.05) is 19.9 Å². The number of esters is 2. The topological polar surface area (TPSA) is 93.1 Å². The van der Waals surface area contributed by atoms with Gasteiger partial charge in [0.25, 0.3) is 0 Å². The van der Waals surface area contributed by atoms with E-state index in [0.717, 1.165) is 0 Å². The van der Waals surface area contributed by atoms with Crippen LogP contribution < -0.4 is 0 Å². The standard InChI is InChI=1S/C20H28O6/c1-6-11(2)16(21)25-14-7-12(3)18(5)9-15-13(4)17(22)26-20(15,24)10-19(18,23)8-14/h6,12,14,23-24H,7-10H2,1-5H3/b11-6+/t12-,14+,18+,19-,20-/m0/s1. The third-order valence-corrected chi connectivity index (χ3v) is 6.93. The first-order valence-corrected chi connectivity index (χ1v) is 9.18. The lowest BCUT2D eigenvalue weighted by molar-refractivity contribution is -0.257. The van der Waals surface area contributed by atoms with Crippen LogP contribution in [-0.2, 0) is 19.1 Å². The Hall–Kier alpha value is -1.66. The molecule has 0 aromatic rings. The Morgan fingerprint density at radius 1 is 1.38 bits per heavy atom. The molecule has 0 amide bonds. The van der Waals surface area contributed by atoms with Crippen molar-refractivity contribution in [3.8, 4) is 0 Å². The SMILES string of the molecule is C/C=C(\C)C(=O)O[C@@H]1C[C@H](C)[C@@]2(C)CC3=C(C)C(=O)O[C@@]3(O)C[C@@]2(O)C1. The Kier molecular flexibility index (Phi) is 4.36. The van der Waals surface area contributed by atoms with E-state index in [4.69, 9.17) is 9.47 Å². The number of carbonyl (C=O) groups is 2. The van der Waals surface area contributed by atoms with Crippen molar-refractivity contribution in [1.29, 1.82) is 0 Å². The molecule has 1 aliphatic heterocycles. The Morgan fingerprint density at radius 3 is 2.65 bits per heavy atom. The molecule has 26 heavy (non-hydrogen) atoms. The van der Waals surface area contributed by atoms with E-state index in [0.29, 0.717) is 29.6 Å². The van der Waals surface area contributed by atoms with Crippen LogP contribution in [0.4, 0.5) is 0 Å². The van der Waals surface area contributed by atoms with Crippen LogP contribution in [0.25, 0.3) is 0 Å². The fourth-order valence-corrected chi connectivity index (χ4v) is 4.76. The molecule has 2 fully saturated rings. The molecule has 0 unspecified atom stereocenters. The fourth-order valence-electron chi connectivity index (χ4n) is 4.76. The molecule has 2 aliphatic carbocycles. The van der Waals surface area contributed by atoms with Crippen molar-refractivity contribution in [1.82, 2.24) is 0 Å². The van der Waals surface area contributed by atoms with Gasteiger partial charge < -0.3 is 19.7 Å². The molecule has 0 spiro atoms. The van der Waals surface area contributed by atoms with E-state index in [1.165, 1.54) is 0 Å². The summed E-state index contributed by atoms with van der Waals surface area (Å²) in [6.07, 6.45) is 2.36. The number of fused-ring (bicyclic) bond motifs is 2. The minimum absolute atomic E-state index is 0.0329. The largest absolute Gasteiger partial charge is 0.459 e. The first kappa shape index (κ1) is 19.1. The number of carbonyl (C=O) groups excluding carboxylic acids is 2. The molecule has 6 heteroatoms. The van der Waals surface area contributed by atoms with Gasteiger partial charge in [-0.25, -0.2) is 9.59 Å². The van der Waals surface area contributed by atoms with Gasteiger partial charge in [0.1, 0.15) is 6.10 Å². The van der Waals surface area contributed by atoms with Crippen LogP contribution in [-0.4, -0.2) is 39.6 Å². The Bertz CT molecular complexity index is 722. The molecule has 3 aliphatic rings. The van der Waals surface area contributed by atoms with Crippen LogP contribution in [0, 0.1) is 11.3 Å². The average molecular weight is 364 g/mol. The average Bonchev–Trinajstić information content (AvgIpc) is 2.75. The maximum Gasteiger partial charge on any atom is 0.336 e. The minimum atomic E-state index is -1.76. The van der Waals surface area contributed by atoms with Gasteiger partial charge in [0.2, 0.25) is 5.79 Å². The van der Waals surface area contributed by atoms with E-state index in [-0.39, 0.29) is 18.8 Å². The van der Waals surface area contributed by atoms with Crippen molar-refractivity contribution in [2.45, 2.75) is 77.8 Å². The molecule has 0 aromatic carbocycles. The highest BCUT2D eigenvalue weighted by Gasteiger charge is 2.65. The number of allylic oxidation sites excluding steroid dienone is 1. The summed E-state index contributed by atoms with van der Waals surface area (Å²) in [4.78, 5) is 24.1. The van der Waals surface area contributed by atoms with E-state index in [2.05, 4.69) is 0 Å². The zero-order valence-electron chi connectivity index (χ0n) is 16.1. The van der Waals surface area contributed by atoms with Gasteiger partial charge in [0.15, 0.2) is 0 Å². The maximum absolute atomic E-state index is 12.1. The van der Waals surface area contributed by atoms with Crippen molar-refractivity contribution >= 4 is 11.9 Å². The second-order valence-electron chi connectivity index (χ2n) is 8.42. The predicted octanol–water partition coefficient (Wildman–Crippen LogP) is 2.39. The van der Waals surface area contributed by atoms with Gasteiger partial charge in [-0.3, -0.25) is 0 Å². The molecule has 0 radical (unpaired) electrons. The van der Waals surface area contributed by atoms with Crippen LogP contribution in [0.5, 0.6) is 0 Å². The lowest BCUT2D eigenvalue weighted by atomic mass is 9.50. The number of hydrogen-bond acceptors (Lipinski definition) is 6.